The largest absolute Gasteiger partial charge is 0.359 e. The molecule has 1 aliphatic rings. The number of benzene rings is 1. The van der Waals surface area contributed by atoms with Gasteiger partial charge in [-0.25, -0.2) is 4.39 Å². The summed E-state index contributed by atoms with van der Waals surface area (Å²) in [6, 6.07) is 3.63. The Morgan fingerprint density at radius 3 is 2.35 bits per heavy atom. The number of halogens is 2. The highest BCUT2D eigenvalue weighted by molar-refractivity contribution is 6.33. The van der Waals surface area contributed by atoms with Crippen LogP contribution in [0.5, 0.6) is 0 Å². The molecule has 1 aromatic rings. The predicted octanol–water partition coefficient (Wildman–Crippen LogP) is 0.900. The highest BCUT2D eigenvalue weighted by Crippen LogP contribution is 2.20. The molecule has 23 heavy (non-hydrogen) atoms. The van der Waals surface area contributed by atoms with Crippen LogP contribution in [-0.4, -0.2) is 60.7 Å². The molecule has 3 amide bonds. The van der Waals surface area contributed by atoms with Gasteiger partial charge in [-0.05, 0) is 18.2 Å². The molecule has 1 N–H and O–H groups in total. The average Bonchev–Trinajstić information content (AvgIpc) is 2.54. The Morgan fingerprint density at radius 1 is 1.17 bits per heavy atom. The number of carbonyl (C=O) groups is 3. The van der Waals surface area contributed by atoms with Gasteiger partial charge in [-0.15, -0.1) is 0 Å². The number of piperazine rings is 1. The van der Waals surface area contributed by atoms with E-state index in [0.29, 0.717) is 26.2 Å². The number of amides is 3. The standard InChI is InChI=1S/C15H17ClFN3O3/c1-18-13(21)9-14(22)19-4-6-20(7-5-19)15(23)11-3-2-10(17)8-12(11)16/h2-3,8H,4-7,9H2,1H3,(H,18,21). The molecular formula is C15H17ClFN3O3. The third kappa shape index (κ3) is 4.19. The first-order valence-electron chi connectivity index (χ1n) is 7.15. The normalized spacial score (nSPS) is 14.6. The van der Waals surface area contributed by atoms with Crippen molar-refractivity contribution in [3.8, 4) is 0 Å². The molecule has 0 unspecified atom stereocenters. The third-order valence-corrected chi connectivity index (χ3v) is 3.98. The van der Waals surface area contributed by atoms with Gasteiger partial charge in [0.25, 0.3) is 5.91 Å². The molecule has 1 aliphatic heterocycles. The van der Waals surface area contributed by atoms with Gasteiger partial charge < -0.3 is 15.1 Å². The summed E-state index contributed by atoms with van der Waals surface area (Å²) in [6.45, 7) is 1.37. The Hall–Kier alpha value is -2.15. The first kappa shape index (κ1) is 17.2. The van der Waals surface area contributed by atoms with Crippen LogP contribution in [0.2, 0.25) is 5.02 Å². The smallest absolute Gasteiger partial charge is 0.255 e. The Kier molecular flexibility index (Phi) is 5.54. The first-order chi connectivity index (χ1) is 10.9. The van der Waals surface area contributed by atoms with Gasteiger partial charge in [0, 0.05) is 33.2 Å². The van der Waals surface area contributed by atoms with Crippen LogP contribution in [0.4, 0.5) is 4.39 Å². The SMILES string of the molecule is CNC(=O)CC(=O)N1CCN(C(=O)c2ccc(F)cc2Cl)CC1. The van der Waals surface area contributed by atoms with Crippen molar-refractivity contribution < 1.29 is 18.8 Å². The Labute approximate surface area is 138 Å². The summed E-state index contributed by atoms with van der Waals surface area (Å²) in [5.41, 5.74) is 0.234. The molecule has 0 spiro atoms. The summed E-state index contributed by atoms with van der Waals surface area (Å²) in [6.07, 6.45) is -0.200. The lowest BCUT2D eigenvalue weighted by molar-refractivity contribution is -0.137. The maximum Gasteiger partial charge on any atom is 0.255 e. The van der Waals surface area contributed by atoms with Crippen molar-refractivity contribution in [2.24, 2.45) is 0 Å². The molecule has 1 aromatic carbocycles. The van der Waals surface area contributed by atoms with Gasteiger partial charge in [0.15, 0.2) is 0 Å². The minimum atomic E-state index is -0.504. The summed E-state index contributed by atoms with van der Waals surface area (Å²) in [4.78, 5) is 38.6. The zero-order valence-electron chi connectivity index (χ0n) is 12.6. The summed E-state index contributed by atoms with van der Waals surface area (Å²) in [5.74, 6) is -1.41. The maximum atomic E-state index is 13.0. The van der Waals surface area contributed by atoms with Crippen molar-refractivity contribution in [1.29, 1.82) is 0 Å². The fraction of sp³-hybridized carbons (Fsp3) is 0.400. The molecular weight excluding hydrogens is 325 g/mol. The van der Waals surface area contributed by atoms with Crippen LogP contribution in [0.3, 0.4) is 0 Å². The zero-order chi connectivity index (χ0) is 17.0. The Balaban J connectivity index is 1.95. The molecule has 2 rings (SSSR count). The van der Waals surface area contributed by atoms with E-state index in [4.69, 9.17) is 11.6 Å². The van der Waals surface area contributed by atoms with E-state index < -0.39 is 5.82 Å². The lowest BCUT2D eigenvalue weighted by Gasteiger charge is -2.34. The molecule has 8 heteroatoms. The third-order valence-electron chi connectivity index (χ3n) is 3.67. The average molecular weight is 342 g/mol. The van der Waals surface area contributed by atoms with Crippen LogP contribution in [0.15, 0.2) is 18.2 Å². The Bertz CT molecular complexity index is 630. The maximum absolute atomic E-state index is 13.0. The minimum Gasteiger partial charge on any atom is -0.359 e. The highest BCUT2D eigenvalue weighted by atomic mass is 35.5. The van der Waals surface area contributed by atoms with Gasteiger partial charge >= 0.3 is 0 Å². The summed E-state index contributed by atoms with van der Waals surface area (Å²) in [5, 5.41) is 2.46. The van der Waals surface area contributed by atoms with Gasteiger partial charge in [-0.2, -0.15) is 0 Å². The van der Waals surface area contributed by atoms with Crippen LogP contribution in [-0.2, 0) is 9.59 Å². The second-order valence-corrected chi connectivity index (χ2v) is 5.55. The number of carbonyl (C=O) groups excluding carboxylic acids is 3. The van der Waals surface area contributed by atoms with Gasteiger partial charge in [0.05, 0.1) is 10.6 Å². The molecule has 0 bridgehead atoms. The van der Waals surface area contributed by atoms with Crippen molar-refractivity contribution in [3.05, 3.63) is 34.6 Å². The lowest BCUT2D eigenvalue weighted by atomic mass is 10.1. The lowest BCUT2D eigenvalue weighted by Crippen LogP contribution is -2.51. The summed E-state index contributed by atoms with van der Waals surface area (Å²) < 4.78 is 13.0. The van der Waals surface area contributed by atoms with E-state index in [2.05, 4.69) is 5.32 Å². The summed E-state index contributed by atoms with van der Waals surface area (Å²) in [7, 11) is 1.47. The molecule has 124 valence electrons. The quantitative estimate of drug-likeness (QED) is 0.830. The van der Waals surface area contributed by atoms with Gasteiger partial charge in [-0.3, -0.25) is 14.4 Å². The van der Waals surface area contributed by atoms with E-state index in [9.17, 15) is 18.8 Å². The molecule has 0 atom stereocenters. The van der Waals surface area contributed by atoms with E-state index in [1.165, 1.54) is 19.2 Å². The zero-order valence-corrected chi connectivity index (χ0v) is 13.4. The topological polar surface area (TPSA) is 69.7 Å². The number of nitrogens with zero attached hydrogens (tertiary/aromatic N) is 2. The fourth-order valence-corrected chi connectivity index (χ4v) is 2.58. The molecule has 0 radical (unpaired) electrons. The number of hydrogen-bond donors (Lipinski definition) is 1. The van der Waals surface area contributed by atoms with Crippen molar-refractivity contribution in [2.75, 3.05) is 33.2 Å². The fourth-order valence-electron chi connectivity index (χ4n) is 2.33. The van der Waals surface area contributed by atoms with Crippen LogP contribution in [0.25, 0.3) is 0 Å². The van der Waals surface area contributed by atoms with Gasteiger partial charge in [-0.1, -0.05) is 11.6 Å². The van der Waals surface area contributed by atoms with Crippen molar-refractivity contribution in [3.63, 3.8) is 0 Å². The van der Waals surface area contributed by atoms with Crippen molar-refractivity contribution >= 4 is 29.3 Å². The van der Waals surface area contributed by atoms with Gasteiger partial charge in [0.1, 0.15) is 12.2 Å². The van der Waals surface area contributed by atoms with Crippen molar-refractivity contribution in [1.82, 2.24) is 15.1 Å². The summed E-state index contributed by atoms with van der Waals surface area (Å²) >= 11 is 5.90. The molecule has 1 fully saturated rings. The van der Waals surface area contributed by atoms with Crippen LogP contribution < -0.4 is 5.32 Å². The Morgan fingerprint density at radius 2 is 1.78 bits per heavy atom. The molecule has 0 aromatic heterocycles. The van der Waals surface area contributed by atoms with E-state index in [1.807, 2.05) is 0 Å². The monoisotopic (exact) mass is 341 g/mol. The van der Waals surface area contributed by atoms with E-state index in [-0.39, 0.29) is 34.7 Å². The second-order valence-electron chi connectivity index (χ2n) is 5.15. The minimum absolute atomic E-state index is 0.0631. The van der Waals surface area contributed by atoms with Crippen LogP contribution in [0.1, 0.15) is 16.8 Å². The number of rotatable bonds is 3. The number of nitrogens with one attached hydrogen (secondary N) is 1. The molecule has 1 heterocycles. The number of hydrogen-bond acceptors (Lipinski definition) is 3. The van der Waals surface area contributed by atoms with Crippen LogP contribution >= 0.6 is 11.6 Å². The van der Waals surface area contributed by atoms with E-state index in [0.717, 1.165) is 6.07 Å². The highest BCUT2D eigenvalue weighted by Gasteiger charge is 2.26. The second kappa shape index (κ2) is 7.41. The predicted molar refractivity (Wildman–Crippen MR) is 82.6 cm³/mol. The first-order valence-corrected chi connectivity index (χ1v) is 7.53. The van der Waals surface area contributed by atoms with E-state index in [1.54, 1.807) is 9.80 Å². The van der Waals surface area contributed by atoms with Crippen molar-refractivity contribution in [2.45, 2.75) is 6.42 Å². The van der Waals surface area contributed by atoms with E-state index >= 15 is 0 Å². The molecule has 6 nitrogen and oxygen atoms in total. The van der Waals surface area contributed by atoms with Crippen LogP contribution in [0, 0.1) is 5.82 Å². The molecule has 0 saturated carbocycles. The van der Waals surface area contributed by atoms with Gasteiger partial charge in [0.2, 0.25) is 11.8 Å². The molecule has 0 aliphatic carbocycles. The molecule has 1 saturated heterocycles.